The van der Waals surface area contributed by atoms with Crippen molar-refractivity contribution in [1.29, 1.82) is 0 Å². The monoisotopic (exact) mass is 202 g/mol. The Morgan fingerprint density at radius 1 is 1.69 bits per heavy atom. The number of carboxylic acid groups (broad SMARTS) is 1. The van der Waals surface area contributed by atoms with Crippen molar-refractivity contribution in [2.45, 2.75) is 18.3 Å². The van der Waals surface area contributed by atoms with Gasteiger partial charge >= 0.3 is 5.97 Å². The van der Waals surface area contributed by atoms with Crippen LogP contribution < -0.4 is 10.6 Å². The van der Waals surface area contributed by atoms with Gasteiger partial charge in [-0.25, -0.2) is 0 Å². The van der Waals surface area contributed by atoms with Crippen molar-refractivity contribution in [2.75, 3.05) is 0 Å². The minimum atomic E-state index is -0.915. The summed E-state index contributed by atoms with van der Waals surface area (Å²) < 4.78 is 0. The highest BCUT2D eigenvalue weighted by molar-refractivity contribution is 7.80. The van der Waals surface area contributed by atoms with Gasteiger partial charge in [-0.3, -0.25) is 9.59 Å². The van der Waals surface area contributed by atoms with E-state index < -0.39 is 5.97 Å². The van der Waals surface area contributed by atoms with Crippen LogP contribution in [0.15, 0.2) is 11.8 Å². The maximum Gasteiger partial charge on any atom is 0.303 e. The first-order chi connectivity index (χ1) is 6.09. The van der Waals surface area contributed by atoms with E-state index in [9.17, 15) is 9.59 Å². The van der Waals surface area contributed by atoms with Gasteiger partial charge in [0, 0.05) is 18.2 Å². The van der Waals surface area contributed by atoms with Crippen molar-refractivity contribution < 1.29 is 14.7 Å². The second-order valence-electron chi connectivity index (χ2n) is 2.61. The number of carboxylic acids is 1. The summed E-state index contributed by atoms with van der Waals surface area (Å²) in [6.45, 7) is 0. The van der Waals surface area contributed by atoms with Crippen molar-refractivity contribution >= 4 is 24.5 Å². The van der Waals surface area contributed by atoms with E-state index in [4.69, 9.17) is 5.11 Å². The van der Waals surface area contributed by atoms with E-state index >= 15 is 0 Å². The second-order valence-corrected chi connectivity index (χ2v) is 3.12. The topological polar surface area (TPSA) is 78.4 Å². The number of nitrogens with one attached hydrogen (secondary N) is 2. The number of aliphatic carboxylic acids is 1. The molecular formula is C7H10N2O3S. The zero-order valence-electron chi connectivity index (χ0n) is 6.78. The molecule has 1 atom stereocenters. The molecule has 1 aliphatic rings. The zero-order valence-corrected chi connectivity index (χ0v) is 7.67. The number of hydrogen-bond acceptors (Lipinski definition) is 4. The summed E-state index contributed by atoms with van der Waals surface area (Å²) in [6.07, 6.45) is 1.69. The molecule has 1 rings (SSSR count). The number of thiol groups is 1. The van der Waals surface area contributed by atoms with Crippen molar-refractivity contribution in [3.05, 3.63) is 11.8 Å². The summed E-state index contributed by atoms with van der Waals surface area (Å²) in [6, 6.07) is 0. The minimum absolute atomic E-state index is 0.0435. The number of carbonyl (C=O) groups excluding carboxylic acids is 1. The molecule has 0 aromatic heterocycles. The Morgan fingerprint density at radius 2 is 2.38 bits per heavy atom. The Morgan fingerprint density at radius 3 is 2.92 bits per heavy atom. The first kappa shape index (κ1) is 9.91. The predicted octanol–water partition coefficient (Wildman–Crippen LogP) is -0.332. The van der Waals surface area contributed by atoms with Crippen LogP contribution in [0.2, 0.25) is 0 Å². The molecule has 1 heterocycles. The molecule has 0 saturated heterocycles. The van der Waals surface area contributed by atoms with Crippen molar-refractivity contribution in [2.24, 2.45) is 0 Å². The summed E-state index contributed by atoms with van der Waals surface area (Å²) >= 11 is 3.97. The molecule has 1 amide bonds. The lowest BCUT2D eigenvalue weighted by atomic mass is 10.1. The molecule has 1 unspecified atom stereocenters. The predicted molar refractivity (Wildman–Crippen MR) is 49.0 cm³/mol. The third-order valence-corrected chi connectivity index (χ3v) is 1.86. The average molecular weight is 202 g/mol. The summed E-state index contributed by atoms with van der Waals surface area (Å²) in [7, 11) is 0. The Bertz CT molecular complexity index is 264. The smallest absolute Gasteiger partial charge is 0.303 e. The van der Waals surface area contributed by atoms with Gasteiger partial charge in [0.25, 0.3) is 5.91 Å². The zero-order chi connectivity index (χ0) is 9.84. The Kier molecular flexibility index (Phi) is 3.18. The number of carbonyl (C=O) groups is 2. The quantitative estimate of drug-likeness (QED) is 0.472. The van der Waals surface area contributed by atoms with E-state index in [0.717, 1.165) is 0 Å². The molecule has 0 aromatic carbocycles. The highest BCUT2D eigenvalue weighted by Crippen LogP contribution is 2.08. The molecule has 13 heavy (non-hydrogen) atoms. The van der Waals surface area contributed by atoms with E-state index in [0.29, 0.717) is 5.57 Å². The summed E-state index contributed by atoms with van der Waals surface area (Å²) in [5.74, 6) is -1.18. The van der Waals surface area contributed by atoms with Gasteiger partial charge in [-0.2, -0.15) is 0 Å². The van der Waals surface area contributed by atoms with Gasteiger partial charge in [-0.15, -0.1) is 12.6 Å². The van der Waals surface area contributed by atoms with Gasteiger partial charge < -0.3 is 15.7 Å². The second kappa shape index (κ2) is 4.18. The molecule has 5 nitrogen and oxygen atoms in total. The van der Waals surface area contributed by atoms with Crippen LogP contribution in [0.3, 0.4) is 0 Å². The molecule has 6 heteroatoms. The molecule has 0 spiro atoms. The summed E-state index contributed by atoms with van der Waals surface area (Å²) in [5, 5.41) is 13.7. The Balaban J connectivity index is 2.49. The van der Waals surface area contributed by atoms with Crippen LogP contribution in [0.1, 0.15) is 12.8 Å². The molecule has 0 aromatic rings. The van der Waals surface area contributed by atoms with Crippen LogP contribution >= 0.6 is 12.6 Å². The highest BCUT2D eigenvalue weighted by atomic mass is 32.1. The minimum Gasteiger partial charge on any atom is -0.481 e. The molecule has 3 N–H and O–H groups in total. The first-order valence-corrected chi connectivity index (χ1v) is 4.27. The standard InChI is InChI=1S/C7H10N2O3S/c10-5(11)2-1-4-3-8-7(13)9-6(4)12/h3,7-8,13H,1-2H2,(H,9,12)(H,10,11). The fourth-order valence-electron chi connectivity index (χ4n) is 0.931. The third kappa shape index (κ3) is 2.98. The lowest BCUT2D eigenvalue weighted by Crippen LogP contribution is -2.44. The van der Waals surface area contributed by atoms with E-state index in [-0.39, 0.29) is 24.2 Å². The molecule has 0 saturated carbocycles. The van der Waals surface area contributed by atoms with Gasteiger partial charge in [-0.05, 0) is 6.42 Å². The highest BCUT2D eigenvalue weighted by Gasteiger charge is 2.17. The normalized spacial score (nSPS) is 21.5. The molecule has 1 aliphatic heterocycles. The van der Waals surface area contributed by atoms with Gasteiger partial charge in [0.05, 0.1) is 0 Å². The van der Waals surface area contributed by atoms with E-state index in [2.05, 4.69) is 23.3 Å². The third-order valence-electron chi connectivity index (χ3n) is 1.58. The van der Waals surface area contributed by atoms with Gasteiger partial charge in [-0.1, -0.05) is 0 Å². The Labute approximate surface area is 80.6 Å². The maximum absolute atomic E-state index is 11.2. The van der Waals surface area contributed by atoms with Crippen LogP contribution in [0, 0.1) is 0 Å². The molecule has 0 bridgehead atoms. The largest absolute Gasteiger partial charge is 0.481 e. The van der Waals surface area contributed by atoms with E-state index in [1.807, 2.05) is 0 Å². The van der Waals surface area contributed by atoms with Gasteiger partial charge in [0.1, 0.15) is 5.50 Å². The van der Waals surface area contributed by atoms with Crippen LogP contribution in [0.4, 0.5) is 0 Å². The van der Waals surface area contributed by atoms with Crippen molar-refractivity contribution in [3.63, 3.8) is 0 Å². The van der Waals surface area contributed by atoms with Gasteiger partial charge in [0.15, 0.2) is 0 Å². The van der Waals surface area contributed by atoms with Crippen LogP contribution in [0.5, 0.6) is 0 Å². The fourth-order valence-corrected chi connectivity index (χ4v) is 1.12. The van der Waals surface area contributed by atoms with Crippen LogP contribution in [-0.4, -0.2) is 22.5 Å². The van der Waals surface area contributed by atoms with Crippen molar-refractivity contribution in [1.82, 2.24) is 10.6 Å². The molecule has 0 aliphatic carbocycles. The first-order valence-electron chi connectivity index (χ1n) is 3.75. The van der Waals surface area contributed by atoms with Crippen LogP contribution in [0.25, 0.3) is 0 Å². The molecular weight excluding hydrogens is 192 g/mol. The maximum atomic E-state index is 11.2. The average Bonchev–Trinajstić information content (AvgIpc) is 2.02. The number of hydrogen-bond donors (Lipinski definition) is 4. The van der Waals surface area contributed by atoms with Gasteiger partial charge in [0.2, 0.25) is 0 Å². The summed E-state index contributed by atoms with van der Waals surface area (Å²) in [5.41, 5.74) is 0.0498. The van der Waals surface area contributed by atoms with Crippen LogP contribution in [-0.2, 0) is 9.59 Å². The summed E-state index contributed by atoms with van der Waals surface area (Å²) in [4.78, 5) is 21.4. The SMILES string of the molecule is O=C(O)CCC1=CNC(S)NC1=O. The fraction of sp³-hybridized carbons (Fsp3) is 0.429. The lowest BCUT2D eigenvalue weighted by molar-refractivity contribution is -0.136. The molecule has 0 radical (unpaired) electrons. The number of rotatable bonds is 3. The van der Waals surface area contributed by atoms with E-state index in [1.54, 1.807) is 0 Å². The Hall–Kier alpha value is -1.17. The van der Waals surface area contributed by atoms with E-state index in [1.165, 1.54) is 6.20 Å². The lowest BCUT2D eigenvalue weighted by Gasteiger charge is -2.20. The molecule has 72 valence electrons. The molecule has 0 fully saturated rings. The van der Waals surface area contributed by atoms with Crippen molar-refractivity contribution in [3.8, 4) is 0 Å². The number of amides is 1.